The van der Waals surface area contributed by atoms with Gasteiger partial charge in [-0.1, -0.05) is 56.3 Å². The van der Waals surface area contributed by atoms with Gasteiger partial charge in [0.15, 0.2) is 23.8 Å². The standard InChI is InChI=1S/C44H60N2O14/c1-23-19-29-36(49)34(33(37(50)40(29)57-9)41(58-10)30(47)22-27(5)59-43(52)39(56-8)28-16-12-11-13-17-28)46-42(51)24(2)15-14-18-31(54-6)38(60-44(45)53)26(4)21-25(3)35(48)32(20-23)55-7/h11-13,15-17,21,23,25,27,31-32,35,38-39,41,48H,14,18-20,22H2,1-10H3,(H2,45,53)(H,46,51)/b24-15+,26-21+/t23-,25+,27-,31+,32+,35-,38+,39-,41-/m1/s1. The Bertz CT molecular complexity index is 1850. The van der Waals surface area contributed by atoms with E-state index in [9.17, 15) is 33.9 Å². The van der Waals surface area contributed by atoms with Crippen LogP contribution in [0, 0.1) is 11.8 Å². The number of carbonyl (C=O) groups excluding carboxylic acids is 6. The second-order valence-corrected chi connectivity index (χ2v) is 15.1. The van der Waals surface area contributed by atoms with Gasteiger partial charge in [-0.25, -0.2) is 9.59 Å². The van der Waals surface area contributed by atoms with Crippen molar-refractivity contribution in [3.63, 3.8) is 0 Å². The molecule has 1 aliphatic heterocycles. The number of Topliss-reactive ketones (excluding diaryl/α,β-unsaturated/α-hetero) is 3. The lowest BCUT2D eigenvalue weighted by atomic mass is 9.82. The van der Waals surface area contributed by atoms with Gasteiger partial charge in [0.2, 0.25) is 11.6 Å². The third-order valence-electron chi connectivity index (χ3n) is 10.6. The van der Waals surface area contributed by atoms with Crippen LogP contribution in [0.5, 0.6) is 0 Å². The predicted octanol–water partition coefficient (Wildman–Crippen LogP) is 4.30. The van der Waals surface area contributed by atoms with Crippen LogP contribution in [0.2, 0.25) is 0 Å². The van der Waals surface area contributed by atoms with E-state index in [1.807, 2.05) is 0 Å². The fourth-order valence-electron chi connectivity index (χ4n) is 7.52. The smallest absolute Gasteiger partial charge is 0.405 e. The number of benzene rings is 1. The minimum absolute atomic E-state index is 0.0459. The minimum Gasteiger partial charge on any atom is -0.492 e. The van der Waals surface area contributed by atoms with Crippen LogP contribution < -0.4 is 11.1 Å². The zero-order chi connectivity index (χ0) is 44.8. The highest BCUT2D eigenvalue weighted by molar-refractivity contribution is 6.27. The molecule has 2 bridgehead atoms. The largest absolute Gasteiger partial charge is 0.492 e. The van der Waals surface area contributed by atoms with Crippen molar-refractivity contribution in [2.75, 3.05) is 35.5 Å². The van der Waals surface area contributed by atoms with Gasteiger partial charge in [0.1, 0.15) is 12.2 Å². The molecule has 1 aromatic carbocycles. The number of nitrogens with two attached hydrogens (primary N) is 1. The predicted molar refractivity (Wildman–Crippen MR) is 218 cm³/mol. The van der Waals surface area contributed by atoms with Crippen molar-refractivity contribution in [1.29, 1.82) is 0 Å². The summed E-state index contributed by atoms with van der Waals surface area (Å²) in [6, 6.07) is 8.63. The maximum Gasteiger partial charge on any atom is 0.405 e. The van der Waals surface area contributed by atoms with E-state index in [0.717, 1.165) is 0 Å². The molecule has 0 unspecified atom stereocenters. The summed E-state index contributed by atoms with van der Waals surface area (Å²) in [5, 5.41) is 14.1. The summed E-state index contributed by atoms with van der Waals surface area (Å²) in [4.78, 5) is 81.9. The van der Waals surface area contributed by atoms with Crippen molar-refractivity contribution in [3.8, 4) is 0 Å². The van der Waals surface area contributed by atoms with Gasteiger partial charge in [-0.2, -0.15) is 0 Å². The van der Waals surface area contributed by atoms with Gasteiger partial charge >= 0.3 is 12.1 Å². The molecule has 9 atom stereocenters. The number of nitrogens with one attached hydrogen (secondary N) is 1. The van der Waals surface area contributed by atoms with Gasteiger partial charge < -0.3 is 49.3 Å². The van der Waals surface area contributed by atoms with Crippen molar-refractivity contribution in [2.45, 2.75) is 109 Å². The molecule has 16 nitrogen and oxygen atoms in total. The highest BCUT2D eigenvalue weighted by Crippen LogP contribution is 2.34. The molecule has 0 aromatic heterocycles. The average molecular weight is 841 g/mol. The van der Waals surface area contributed by atoms with Gasteiger partial charge in [0.25, 0.3) is 5.91 Å². The lowest BCUT2D eigenvalue weighted by Gasteiger charge is -2.31. The lowest BCUT2D eigenvalue weighted by Crippen LogP contribution is -2.42. The fraction of sp³-hybridized carbons (Fsp3) is 0.545. The van der Waals surface area contributed by atoms with Gasteiger partial charge in [0.05, 0.1) is 36.7 Å². The summed E-state index contributed by atoms with van der Waals surface area (Å²) < 4.78 is 38.9. The summed E-state index contributed by atoms with van der Waals surface area (Å²) in [6.45, 7) is 8.28. The van der Waals surface area contributed by atoms with Crippen LogP contribution in [0.15, 0.2) is 76.2 Å². The van der Waals surface area contributed by atoms with Crippen molar-refractivity contribution in [3.05, 3.63) is 81.8 Å². The Morgan fingerprint density at radius 2 is 1.55 bits per heavy atom. The van der Waals surface area contributed by atoms with Gasteiger partial charge in [-0.15, -0.1) is 0 Å². The Kier molecular flexibility index (Phi) is 19.0. The summed E-state index contributed by atoms with van der Waals surface area (Å²) in [7, 11) is 6.61. The average Bonchev–Trinajstić information content (AvgIpc) is 3.20. The van der Waals surface area contributed by atoms with E-state index in [4.69, 9.17) is 38.9 Å². The number of hydrogen-bond donors (Lipinski definition) is 3. The molecule has 0 fully saturated rings. The molecule has 2 aliphatic rings. The lowest BCUT2D eigenvalue weighted by molar-refractivity contribution is -0.161. The van der Waals surface area contributed by atoms with E-state index in [-0.39, 0.29) is 42.6 Å². The first-order valence-corrected chi connectivity index (χ1v) is 19.7. The fourth-order valence-corrected chi connectivity index (χ4v) is 7.52. The first-order chi connectivity index (χ1) is 28.4. The number of amides is 2. The monoisotopic (exact) mass is 840 g/mol. The van der Waals surface area contributed by atoms with Crippen LogP contribution in [0.25, 0.3) is 0 Å². The first kappa shape index (κ1) is 49.4. The number of fused-ring (bicyclic) bond motifs is 2. The van der Waals surface area contributed by atoms with E-state index in [1.54, 1.807) is 63.3 Å². The number of ether oxygens (including phenoxy) is 7. The summed E-state index contributed by atoms with van der Waals surface area (Å²) >= 11 is 0. The zero-order valence-corrected chi connectivity index (χ0v) is 36.1. The third-order valence-corrected chi connectivity index (χ3v) is 10.6. The number of aliphatic hydroxyl groups is 1. The van der Waals surface area contributed by atoms with Crippen molar-refractivity contribution < 1.29 is 67.0 Å². The van der Waals surface area contributed by atoms with Crippen LogP contribution in [0.3, 0.4) is 0 Å². The third kappa shape index (κ3) is 12.5. The van der Waals surface area contributed by atoms with Gasteiger partial charge in [-0.05, 0) is 63.5 Å². The second-order valence-electron chi connectivity index (χ2n) is 15.1. The number of esters is 1. The highest BCUT2D eigenvalue weighted by atomic mass is 16.6. The molecule has 60 heavy (non-hydrogen) atoms. The maximum absolute atomic E-state index is 14.6. The van der Waals surface area contributed by atoms with E-state index in [1.165, 1.54) is 49.4 Å². The second kappa shape index (κ2) is 23.1. The molecule has 1 aliphatic carbocycles. The summed E-state index contributed by atoms with van der Waals surface area (Å²) in [5.41, 5.74) is 5.69. The molecule has 1 aromatic rings. The molecule has 0 saturated carbocycles. The Balaban J connectivity index is 2.10. The number of primary amides is 1. The molecule has 3 rings (SSSR count). The molecule has 0 radical (unpaired) electrons. The molecule has 2 amide bonds. The van der Waals surface area contributed by atoms with E-state index < -0.39 is 108 Å². The maximum atomic E-state index is 14.6. The molecule has 0 saturated heterocycles. The molecule has 330 valence electrons. The number of rotatable bonds is 13. The number of methoxy groups -OCH3 is 5. The SMILES string of the molecule is COC1=C2C[C@@H](C)C[C@H](OC)[C@H](O)[C@@H](C)/C=C(\C)[C@H](OC(N)=O)[C@@H](OC)CC/C=C(\C)C(=O)NC(=C([C@H](OC)C(=O)C[C@@H](C)OC(=O)[C@H](OC)c3ccccc3)C1=O)C2=O. The number of carbonyl (C=O) groups is 6. The number of ketones is 3. The zero-order valence-electron chi connectivity index (χ0n) is 36.1. The van der Waals surface area contributed by atoms with Crippen LogP contribution in [-0.2, 0) is 57.1 Å². The molecular formula is C44H60N2O14. The van der Waals surface area contributed by atoms with Crippen LogP contribution in [0.1, 0.15) is 78.4 Å². The van der Waals surface area contributed by atoms with E-state index in [0.29, 0.717) is 11.1 Å². The normalized spacial score (nSPS) is 27.1. The number of hydrogen-bond acceptors (Lipinski definition) is 14. The molecular weight excluding hydrogens is 780 g/mol. The van der Waals surface area contributed by atoms with Gasteiger partial charge in [0, 0.05) is 51.9 Å². The highest BCUT2D eigenvalue weighted by Gasteiger charge is 2.43. The summed E-state index contributed by atoms with van der Waals surface area (Å²) in [5.74, 6) is -5.15. The topological polar surface area (TPSA) is 225 Å². The Labute approximate surface area is 351 Å². The van der Waals surface area contributed by atoms with Crippen molar-refractivity contribution >= 4 is 35.3 Å². The van der Waals surface area contributed by atoms with E-state index in [2.05, 4.69) is 5.32 Å². The number of aliphatic hydroxyl groups excluding tert-OH is 1. The van der Waals surface area contributed by atoms with Crippen molar-refractivity contribution in [1.82, 2.24) is 5.32 Å². The molecule has 4 N–H and O–H groups in total. The Morgan fingerprint density at radius 3 is 2.12 bits per heavy atom. The van der Waals surface area contributed by atoms with Crippen molar-refractivity contribution in [2.24, 2.45) is 17.6 Å². The Hall–Kier alpha value is -5.00. The van der Waals surface area contributed by atoms with Gasteiger partial charge in [-0.3, -0.25) is 19.2 Å². The molecule has 16 heteroatoms. The van der Waals surface area contributed by atoms with Crippen LogP contribution in [0.4, 0.5) is 4.79 Å². The molecule has 0 spiro atoms. The van der Waals surface area contributed by atoms with Crippen LogP contribution >= 0.6 is 0 Å². The minimum atomic E-state index is -1.70. The Morgan fingerprint density at radius 1 is 0.917 bits per heavy atom. The van der Waals surface area contributed by atoms with Crippen LogP contribution in [-0.4, -0.2) is 113 Å². The first-order valence-electron chi connectivity index (χ1n) is 19.7. The number of allylic oxidation sites excluding steroid dienone is 3. The quantitative estimate of drug-likeness (QED) is 0.143. The van der Waals surface area contributed by atoms with E-state index >= 15 is 0 Å². The summed E-state index contributed by atoms with van der Waals surface area (Å²) in [6.07, 6.45) is -4.76. The molecule has 1 heterocycles.